The quantitative estimate of drug-likeness (QED) is 0.490. The lowest BCUT2D eigenvalue weighted by Crippen LogP contribution is -2.45. The van der Waals surface area contributed by atoms with Gasteiger partial charge in [-0.15, -0.1) is 0 Å². The van der Waals surface area contributed by atoms with Crippen LogP contribution in [0.1, 0.15) is 68.3 Å². The van der Waals surface area contributed by atoms with Crippen molar-refractivity contribution >= 4 is 23.4 Å². The van der Waals surface area contributed by atoms with Crippen molar-refractivity contribution in [3.63, 3.8) is 0 Å². The van der Waals surface area contributed by atoms with Crippen molar-refractivity contribution in [3.05, 3.63) is 64.7 Å². The number of hydrogen-bond donors (Lipinski definition) is 0. The fourth-order valence-electron chi connectivity index (χ4n) is 4.63. The molecule has 1 atom stereocenters. The highest BCUT2D eigenvalue weighted by molar-refractivity contribution is 6.30. The second-order valence-electron chi connectivity index (χ2n) is 9.95. The molecule has 1 aliphatic rings. The number of amides is 2. The molecule has 0 saturated heterocycles. The fourth-order valence-corrected chi connectivity index (χ4v) is 4.76. The van der Waals surface area contributed by atoms with Gasteiger partial charge < -0.3 is 14.5 Å². The molecule has 2 aromatic rings. The first-order valence-electron chi connectivity index (χ1n) is 12.9. The summed E-state index contributed by atoms with van der Waals surface area (Å²) in [7, 11) is 1.85. The number of para-hydroxylation sites is 1. The van der Waals surface area contributed by atoms with E-state index in [0.29, 0.717) is 48.2 Å². The number of aryl methyl sites for hydroxylation is 1. The number of nitrogens with zero attached hydrogens (tertiary/aromatic N) is 2. The van der Waals surface area contributed by atoms with E-state index in [1.54, 1.807) is 4.90 Å². The number of carbonyl (C=O) groups is 2. The maximum atomic E-state index is 13.5. The Balaban J connectivity index is 1.81. The van der Waals surface area contributed by atoms with Gasteiger partial charge in [-0.1, -0.05) is 62.6 Å². The summed E-state index contributed by atoms with van der Waals surface area (Å²) in [5, 5.41) is 0.703. The Bertz CT molecular complexity index is 961. The molecule has 0 aliphatic carbocycles. The predicted octanol–water partition coefficient (Wildman–Crippen LogP) is 6.24. The molecule has 190 valence electrons. The van der Waals surface area contributed by atoms with Crippen LogP contribution in [0.2, 0.25) is 5.02 Å². The van der Waals surface area contributed by atoms with Crippen LogP contribution in [0.4, 0.5) is 0 Å². The number of benzene rings is 2. The second-order valence-corrected chi connectivity index (χ2v) is 10.4. The van der Waals surface area contributed by atoms with Crippen molar-refractivity contribution < 1.29 is 14.3 Å². The van der Waals surface area contributed by atoms with E-state index in [1.165, 1.54) is 0 Å². The Morgan fingerprint density at radius 1 is 1.03 bits per heavy atom. The van der Waals surface area contributed by atoms with Crippen LogP contribution in [-0.4, -0.2) is 54.4 Å². The molecule has 2 aromatic carbocycles. The minimum atomic E-state index is -0.0449. The summed E-state index contributed by atoms with van der Waals surface area (Å²) in [4.78, 5) is 30.4. The maximum absolute atomic E-state index is 13.5. The number of halogens is 1. The molecule has 2 amide bonds. The van der Waals surface area contributed by atoms with Crippen LogP contribution in [0.25, 0.3) is 0 Å². The number of ether oxygens (including phenoxy) is 1. The number of carbonyl (C=O) groups excluding carboxylic acids is 2. The van der Waals surface area contributed by atoms with E-state index in [4.69, 9.17) is 16.3 Å². The largest absolute Gasteiger partial charge is 0.491 e. The standard InChI is InChI=1S/C29H39ClN2O3/c1-22(2)20-25-21-35-27-11-7-6-10-26(27)29(34)31(3)18-8-4-5-9-19-32(25)28(33)17-14-23-12-15-24(30)16-13-23/h6-7,10-13,15-16,22,25H,4-5,8-9,14,17-21H2,1-3H3/t25-/m0/s1. The smallest absolute Gasteiger partial charge is 0.257 e. The molecule has 0 fully saturated rings. The molecule has 5 nitrogen and oxygen atoms in total. The molecule has 35 heavy (non-hydrogen) atoms. The number of hydrogen-bond acceptors (Lipinski definition) is 3. The van der Waals surface area contributed by atoms with Crippen molar-refractivity contribution in [1.82, 2.24) is 9.80 Å². The van der Waals surface area contributed by atoms with Gasteiger partial charge in [0.15, 0.2) is 0 Å². The highest BCUT2D eigenvalue weighted by atomic mass is 35.5. The van der Waals surface area contributed by atoms with Gasteiger partial charge >= 0.3 is 0 Å². The van der Waals surface area contributed by atoms with Crippen LogP contribution in [0.5, 0.6) is 5.75 Å². The van der Waals surface area contributed by atoms with Crippen molar-refractivity contribution in [3.8, 4) is 5.75 Å². The normalized spacial score (nSPS) is 18.1. The molecule has 0 aromatic heterocycles. The van der Waals surface area contributed by atoms with E-state index in [0.717, 1.165) is 44.2 Å². The van der Waals surface area contributed by atoms with Crippen LogP contribution < -0.4 is 4.74 Å². The van der Waals surface area contributed by atoms with Crippen molar-refractivity contribution in [1.29, 1.82) is 0 Å². The topological polar surface area (TPSA) is 49.9 Å². The molecule has 1 aliphatic heterocycles. The van der Waals surface area contributed by atoms with E-state index < -0.39 is 0 Å². The lowest BCUT2D eigenvalue weighted by atomic mass is 10.0. The summed E-state index contributed by atoms with van der Waals surface area (Å²) < 4.78 is 6.27. The van der Waals surface area contributed by atoms with E-state index in [-0.39, 0.29) is 17.9 Å². The van der Waals surface area contributed by atoms with E-state index in [2.05, 4.69) is 13.8 Å². The molecule has 0 N–H and O–H groups in total. The molecule has 0 radical (unpaired) electrons. The van der Waals surface area contributed by atoms with E-state index >= 15 is 0 Å². The maximum Gasteiger partial charge on any atom is 0.257 e. The van der Waals surface area contributed by atoms with Crippen LogP contribution in [0.3, 0.4) is 0 Å². The first-order chi connectivity index (χ1) is 16.8. The van der Waals surface area contributed by atoms with E-state index in [9.17, 15) is 9.59 Å². The molecule has 1 heterocycles. The summed E-state index contributed by atoms with van der Waals surface area (Å²) in [6.45, 7) is 6.17. The zero-order valence-electron chi connectivity index (χ0n) is 21.3. The van der Waals surface area contributed by atoms with Gasteiger partial charge in [0.1, 0.15) is 12.4 Å². The van der Waals surface area contributed by atoms with Gasteiger partial charge in [0, 0.05) is 31.6 Å². The van der Waals surface area contributed by atoms with Gasteiger partial charge in [-0.2, -0.15) is 0 Å². The third-order valence-corrected chi connectivity index (χ3v) is 6.84. The van der Waals surface area contributed by atoms with Crippen molar-refractivity contribution in [2.75, 3.05) is 26.7 Å². The Hall–Kier alpha value is -2.53. The molecular weight excluding hydrogens is 460 g/mol. The van der Waals surface area contributed by atoms with Gasteiger partial charge in [0.05, 0.1) is 11.6 Å². The minimum Gasteiger partial charge on any atom is -0.491 e. The number of fused-ring (bicyclic) bond motifs is 1. The summed E-state index contributed by atoms with van der Waals surface area (Å²) in [5.41, 5.74) is 1.69. The fraction of sp³-hybridized carbons (Fsp3) is 0.517. The Morgan fingerprint density at radius 3 is 2.43 bits per heavy atom. The predicted molar refractivity (Wildman–Crippen MR) is 142 cm³/mol. The average Bonchev–Trinajstić information content (AvgIpc) is 2.84. The van der Waals surface area contributed by atoms with Crippen LogP contribution >= 0.6 is 11.6 Å². The molecule has 3 rings (SSSR count). The Kier molecular flexibility index (Phi) is 10.5. The molecule has 0 bridgehead atoms. The molecule has 0 unspecified atom stereocenters. The summed E-state index contributed by atoms with van der Waals surface area (Å²) in [5.74, 6) is 1.14. The molecule has 0 saturated carbocycles. The Morgan fingerprint density at radius 2 is 1.71 bits per heavy atom. The first-order valence-corrected chi connectivity index (χ1v) is 13.2. The van der Waals surface area contributed by atoms with Crippen LogP contribution in [0.15, 0.2) is 48.5 Å². The Labute approximate surface area is 215 Å². The average molecular weight is 499 g/mol. The third kappa shape index (κ3) is 8.28. The van der Waals surface area contributed by atoms with Gasteiger partial charge in [0.2, 0.25) is 5.91 Å². The zero-order chi connectivity index (χ0) is 25.2. The first kappa shape index (κ1) is 27.1. The number of rotatable bonds is 5. The van der Waals surface area contributed by atoms with Gasteiger partial charge in [-0.25, -0.2) is 0 Å². The van der Waals surface area contributed by atoms with Crippen LogP contribution in [0, 0.1) is 5.92 Å². The summed E-state index contributed by atoms with van der Waals surface area (Å²) in [6, 6.07) is 15.1. The molecule has 0 spiro atoms. The van der Waals surface area contributed by atoms with Gasteiger partial charge in [0.25, 0.3) is 5.91 Å². The second kappa shape index (κ2) is 13.5. The van der Waals surface area contributed by atoms with Gasteiger partial charge in [-0.3, -0.25) is 9.59 Å². The molecule has 6 heteroatoms. The van der Waals surface area contributed by atoms with Crippen molar-refractivity contribution in [2.24, 2.45) is 5.92 Å². The highest BCUT2D eigenvalue weighted by Gasteiger charge is 2.26. The molecular formula is C29H39ClN2O3. The zero-order valence-corrected chi connectivity index (χ0v) is 22.1. The van der Waals surface area contributed by atoms with Crippen LogP contribution in [-0.2, 0) is 11.2 Å². The lowest BCUT2D eigenvalue weighted by molar-refractivity contribution is -0.134. The van der Waals surface area contributed by atoms with Gasteiger partial charge in [-0.05, 0) is 61.4 Å². The summed E-state index contributed by atoms with van der Waals surface area (Å²) in [6.07, 6.45) is 5.97. The third-order valence-electron chi connectivity index (χ3n) is 6.58. The van der Waals surface area contributed by atoms with Crippen molar-refractivity contribution in [2.45, 2.75) is 64.8 Å². The highest BCUT2D eigenvalue weighted by Crippen LogP contribution is 2.23. The minimum absolute atomic E-state index is 0.0195. The SMILES string of the molecule is CC(C)C[C@H]1COc2ccccc2C(=O)N(C)CCCCCCN1C(=O)CCc1ccc(Cl)cc1. The monoisotopic (exact) mass is 498 g/mol. The lowest BCUT2D eigenvalue weighted by Gasteiger charge is -2.34. The van der Waals surface area contributed by atoms with E-state index in [1.807, 2.05) is 60.5 Å². The summed E-state index contributed by atoms with van der Waals surface area (Å²) >= 11 is 6.01.